The van der Waals surface area contributed by atoms with Crippen LogP contribution in [0.4, 0.5) is 0 Å². The first-order valence-electron chi connectivity index (χ1n) is 23.6. The molecule has 0 aromatic rings. The summed E-state index contributed by atoms with van der Waals surface area (Å²) < 4.78 is 0. The lowest BCUT2D eigenvalue weighted by Crippen LogP contribution is -3.00. The van der Waals surface area contributed by atoms with Gasteiger partial charge in [0.15, 0.2) is 0 Å². The molecule has 0 amide bonds. The summed E-state index contributed by atoms with van der Waals surface area (Å²) in [6.07, 6.45) is 37.4. The molecular weight excluding hydrogens is 858 g/mol. The minimum Gasteiger partial charge on any atom is -1.00 e. The largest absolute Gasteiger partial charge is 1.00 e. The van der Waals surface area contributed by atoms with E-state index in [0.717, 1.165) is 0 Å². The number of quaternary nitrogens is 2. The molecule has 0 unspecified atom stereocenters. The average Bonchev–Trinajstić information content (AvgIpc) is 3.05. The van der Waals surface area contributed by atoms with Crippen molar-refractivity contribution in [3.8, 4) is 0 Å². The highest BCUT2D eigenvalue weighted by atomic mass is 127. The first kappa shape index (κ1) is 60.1. The van der Waals surface area contributed by atoms with Crippen molar-refractivity contribution in [1.29, 1.82) is 0 Å². The molecule has 2 nitrogen and oxygen atoms in total. The van der Waals surface area contributed by atoms with Crippen LogP contribution in [0.1, 0.15) is 277 Å². The number of rotatable bonds is 32. The van der Waals surface area contributed by atoms with Gasteiger partial charge in [-0.3, -0.25) is 0 Å². The molecule has 4 heteroatoms. The van der Waals surface area contributed by atoms with E-state index in [0.29, 0.717) is 21.7 Å². The molecular formula is C48H104I2N2. The maximum Gasteiger partial charge on any atom is 0.101 e. The molecule has 0 saturated carbocycles. The smallest absolute Gasteiger partial charge is 0.101 e. The zero-order chi connectivity index (χ0) is 38.8. The van der Waals surface area contributed by atoms with Crippen LogP contribution >= 0.6 is 0 Å². The van der Waals surface area contributed by atoms with Gasteiger partial charge in [-0.15, -0.1) is 0 Å². The molecule has 0 aromatic carbocycles. The van der Waals surface area contributed by atoms with E-state index < -0.39 is 0 Å². The van der Waals surface area contributed by atoms with E-state index in [4.69, 9.17) is 11.5 Å². The van der Waals surface area contributed by atoms with Crippen molar-refractivity contribution in [2.45, 2.75) is 288 Å². The van der Waals surface area contributed by atoms with E-state index in [9.17, 15) is 0 Å². The quantitative estimate of drug-likeness (QED) is 0.0633. The predicted octanol–water partition coefficient (Wildman–Crippen LogP) is 9.09. The van der Waals surface area contributed by atoms with Crippen molar-refractivity contribution in [2.75, 3.05) is 0 Å². The highest BCUT2D eigenvalue weighted by Crippen LogP contribution is 2.62. The molecule has 320 valence electrons. The molecule has 0 rings (SSSR count). The number of hydrogen-bond acceptors (Lipinski definition) is 0. The summed E-state index contributed by atoms with van der Waals surface area (Å²) >= 11 is 0. The lowest BCUT2D eigenvalue weighted by atomic mass is 9.45. The van der Waals surface area contributed by atoms with Gasteiger partial charge < -0.3 is 59.4 Å². The topological polar surface area (TPSA) is 55.3 Å². The van der Waals surface area contributed by atoms with Gasteiger partial charge in [-0.25, -0.2) is 0 Å². The minimum atomic E-state index is 0. The third-order valence-electron chi connectivity index (χ3n) is 14.1. The highest BCUT2D eigenvalue weighted by molar-refractivity contribution is 5.09. The Balaban J connectivity index is -0.000000427. The molecule has 0 radical (unpaired) electrons. The monoisotopic (exact) mass is 963 g/mol. The van der Waals surface area contributed by atoms with Crippen LogP contribution in [0.5, 0.6) is 0 Å². The summed E-state index contributed by atoms with van der Waals surface area (Å²) in [5.74, 6) is 0. The van der Waals surface area contributed by atoms with Crippen LogP contribution in [0.25, 0.3) is 0 Å². The van der Waals surface area contributed by atoms with E-state index in [2.05, 4.69) is 96.9 Å². The van der Waals surface area contributed by atoms with Gasteiger partial charge in [0.2, 0.25) is 0 Å². The molecule has 0 spiro atoms. The molecule has 0 atom stereocenters. The third kappa shape index (κ3) is 15.0. The van der Waals surface area contributed by atoms with Crippen LogP contribution in [-0.4, -0.2) is 11.1 Å². The zero-order valence-corrected chi connectivity index (χ0v) is 43.3. The Morgan fingerprint density at radius 3 is 0.481 bits per heavy atom. The van der Waals surface area contributed by atoms with Crippen molar-refractivity contribution < 1.29 is 59.4 Å². The van der Waals surface area contributed by atoms with Crippen molar-refractivity contribution in [1.82, 2.24) is 0 Å². The Morgan fingerprint density at radius 2 is 0.365 bits per heavy atom. The van der Waals surface area contributed by atoms with Crippen molar-refractivity contribution in [3.05, 3.63) is 0 Å². The molecule has 0 heterocycles. The summed E-state index contributed by atoms with van der Waals surface area (Å²) in [4.78, 5) is 0. The predicted molar refractivity (Wildman–Crippen MR) is 230 cm³/mol. The lowest BCUT2D eigenvalue weighted by molar-refractivity contribution is -0.525. The Morgan fingerprint density at radius 1 is 0.231 bits per heavy atom. The SMILES string of the molecule is CCCC([NH3+])(CCC)C(CCC)(CCC)C(CCC)(CCC)CCC.CCCC([NH3+])(CCC)C(CCC)(CCC)C(CCC)(CCC)CCC.[I-].[I-]. The fourth-order valence-electron chi connectivity index (χ4n) is 13.4. The molecule has 0 aliphatic heterocycles. The summed E-state index contributed by atoms with van der Waals surface area (Å²) in [6.45, 7) is 33.6. The molecule has 0 aromatic heterocycles. The summed E-state index contributed by atoms with van der Waals surface area (Å²) in [7, 11) is 0. The molecule has 0 bridgehead atoms. The Hall–Kier alpha value is 1.38. The molecule has 0 fully saturated rings. The molecule has 0 saturated heterocycles. The van der Waals surface area contributed by atoms with Crippen LogP contribution in [0.3, 0.4) is 0 Å². The van der Waals surface area contributed by atoms with E-state index in [1.165, 1.54) is 180 Å². The van der Waals surface area contributed by atoms with Gasteiger partial charge in [-0.2, -0.15) is 0 Å². The van der Waals surface area contributed by atoms with E-state index >= 15 is 0 Å². The van der Waals surface area contributed by atoms with Crippen LogP contribution < -0.4 is 59.4 Å². The van der Waals surface area contributed by atoms with E-state index in [1.807, 2.05) is 0 Å². The van der Waals surface area contributed by atoms with Gasteiger partial charge >= 0.3 is 0 Å². The van der Waals surface area contributed by atoms with Gasteiger partial charge in [0.1, 0.15) is 11.1 Å². The third-order valence-corrected chi connectivity index (χ3v) is 14.1. The Labute approximate surface area is 366 Å². The van der Waals surface area contributed by atoms with Gasteiger partial charge in [-0.1, -0.05) is 187 Å². The standard InChI is InChI=1S/2C24H51N.2HI/c2*1-8-15-22(16-9-2,17-10-3)23(18-11-4,19-12-5)24(25,20-13-6)21-14-7;;/h2*8-21,25H2,1-7H3;2*1H. The second-order valence-corrected chi connectivity index (χ2v) is 17.8. The summed E-state index contributed by atoms with van der Waals surface area (Å²) in [5, 5.41) is 0. The fourth-order valence-corrected chi connectivity index (χ4v) is 13.4. The molecule has 6 N–H and O–H groups in total. The van der Waals surface area contributed by atoms with E-state index in [-0.39, 0.29) is 59.0 Å². The van der Waals surface area contributed by atoms with Crippen LogP contribution in [0, 0.1) is 21.7 Å². The lowest BCUT2D eigenvalue weighted by Gasteiger charge is -2.59. The Kier molecular flexibility index (Phi) is 37.4. The van der Waals surface area contributed by atoms with E-state index in [1.54, 1.807) is 0 Å². The number of halogens is 2. The van der Waals surface area contributed by atoms with Gasteiger partial charge in [0.25, 0.3) is 0 Å². The van der Waals surface area contributed by atoms with Crippen molar-refractivity contribution >= 4 is 0 Å². The normalized spacial score (nSPS) is 12.9. The van der Waals surface area contributed by atoms with Crippen LogP contribution in [-0.2, 0) is 0 Å². The summed E-state index contributed by atoms with van der Waals surface area (Å²) in [5.41, 5.74) is 12.5. The first-order chi connectivity index (χ1) is 23.8. The van der Waals surface area contributed by atoms with Crippen molar-refractivity contribution in [2.24, 2.45) is 21.7 Å². The average molecular weight is 963 g/mol. The zero-order valence-electron chi connectivity index (χ0n) is 39.0. The minimum absolute atomic E-state index is 0. The first-order valence-corrected chi connectivity index (χ1v) is 23.6. The van der Waals surface area contributed by atoms with Gasteiger partial charge in [0, 0.05) is 36.5 Å². The fraction of sp³-hybridized carbons (Fsp3) is 1.00. The molecule has 0 aliphatic rings. The van der Waals surface area contributed by atoms with Gasteiger partial charge in [-0.05, 0) is 75.0 Å². The maximum atomic E-state index is 5.07. The second-order valence-electron chi connectivity index (χ2n) is 17.8. The Bertz CT molecular complexity index is 658. The highest BCUT2D eigenvalue weighted by Gasteiger charge is 2.61. The van der Waals surface area contributed by atoms with Crippen LogP contribution in [0.2, 0.25) is 0 Å². The summed E-state index contributed by atoms with van der Waals surface area (Å²) in [6, 6.07) is 0. The molecule has 52 heavy (non-hydrogen) atoms. The van der Waals surface area contributed by atoms with Crippen LogP contribution in [0.15, 0.2) is 0 Å². The molecule has 0 aliphatic carbocycles. The maximum absolute atomic E-state index is 5.07. The number of hydrogen-bond donors (Lipinski definition) is 2. The van der Waals surface area contributed by atoms with Gasteiger partial charge in [0.05, 0.1) is 0 Å². The van der Waals surface area contributed by atoms with Crippen molar-refractivity contribution in [3.63, 3.8) is 0 Å². The second kappa shape index (κ2) is 32.3.